The Balaban J connectivity index is -0.000000125. The molecule has 5 nitrogen and oxygen atoms in total. The van der Waals surface area contributed by atoms with Crippen molar-refractivity contribution in [2.75, 3.05) is 0 Å². The first kappa shape index (κ1) is 16.7. The molecule has 0 aromatic rings. The first-order valence-electron chi connectivity index (χ1n) is 0.913. The summed E-state index contributed by atoms with van der Waals surface area (Å²) in [5, 5.41) is 0. The van der Waals surface area contributed by atoms with E-state index in [0.717, 1.165) is 0 Å². The Morgan fingerprint density at radius 3 is 0.750 bits per heavy atom. The van der Waals surface area contributed by atoms with Crippen LogP contribution in [0.3, 0.4) is 0 Å². The fourth-order valence-corrected chi connectivity index (χ4v) is 0. The number of hydrogen-bond donors (Lipinski definition) is 0. The Bertz CT molecular complexity index is 282. The molecule has 0 aromatic heterocycles. The summed E-state index contributed by atoms with van der Waals surface area (Å²) >= 11 is -8.05. The second-order valence-corrected chi connectivity index (χ2v) is 6.10. The topological polar surface area (TPSA) is 85.3 Å². The molecule has 0 atom stereocenters. The molecule has 8 heteroatoms. The average Bonchev–Trinajstić information content (AvgIpc) is 0.650. The second-order valence-electron chi connectivity index (χ2n) is 0.745. The van der Waals surface area contributed by atoms with Crippen molar-refractivity contribution in [1.82, 2.24) is 0 Å². The van der Waals surface area contributed by atoms with E-state index in [2.05, 4.69) is 0 Å². The fourth-order valence-electron chi connectivity index (χ4n) is 0. The summed E-state index contributed by atoms with van der Waals surface area (Å²) in [6.45, 7) is 0. The molecule has 0 unspecified atom stereocenters. The Labute approximate surface area is 104 Å². The third-order valence-electron chi connectivity index (χ3n) is 0. The zero-order chi connectivity index (χ0) is 5.45. The average molecular weight is 612 g/mol. The molecule has 0 spiro atoms. The van der Waals surface area contributed by atoms with E-state index in [0.29, 0.717) is 0 Å². The van der Waals surface area contributed by atoms with Gasteiger partial charge >= 0.3 is 107 Å². The van der Waals surface area contributed by atoms with Crippen LogP contribution in [-0.2, 0) is 31.9 Å². The number of rotatable bonds is 0. The SMILES string of the molecule is [BaH2].[BiH3].[O]=[Ta](=[O])(=[O])(=[O])=[O]. The molecule has 47 valence electrons. The van der Waals surface area contributed by atoms with E-state index in [1.807, 2.05) is 0 Å². The van der Waals surface area contributed by atoms with Crippen LogP contribution in [0.1, 0.15) is 0 Å². The molecule has 0 aliphatic carbocycles. The van der Waals surface area contributed by atoms with Crippen LogP contribution in [0.5, 0.6) is 0 Å². The molecule has 0 radical (unpaired) electrons. The minimum absolute atomic E-state index is 0. The quantitative estimate of drug-likeness (QED) is 0.279. The van der Waals surface area contributed by atoms with E-state index in [1.165, 1.54) is 0 Å². The molecule has 0 aliphatic heterocycles. The van der Waals surface area contributed by atoms with Crippen molar-refractivity contribution in [2.24, 2.45) is 0 Å². The molecular weight excluding hydrogens is 607 g/mol. The zero-order valence-electron chi connectivity index (χ0n) is 3.20. The van der Waals surface area contributed by atoms with Crippen LogP contribution in [0, 0.1) is 0 Å². The van der Waals surface area contributed by atoms with E-state index in [9.17, 15) is 0 Å². The van der Waals surface area contributed by atoms with Gasteiger partial charge in [-0.25, -0.2) is 0 Å². The van der Waals surface area contributed by atoms with Gasteiger partial charge < -0.3 is 0 Å². The molecule has 0 N–H and O–H groups in total. The monoisotopic (exact) mass is 613 g/mol. The van der Waals surface area contributed by atoms with Gasteiger partial charge in [0.2, 0.25) is 0 Å². The van der Waals surface area contributed by atoms with Crippen LogP contribution in [-0.4, -0.2) is 75.1 Å². The fraction of sp³-hybridized carbons (Fsp3) is 0. The molecule has 0 heterocycles. The Hall–Kier alpha value is 2.19. The third-order valence-corrected chi connectivity index (χ3v) is 0. The maximum absolute atomic E-state index is 8.67. The van der Waals surface area contributed by atoms with Gasteiger partial charge in [-0.3, -0.25) is 0 Å². The molecule has 0 fully saturated rings. The normalized spacial score (nSPS) is 7.50. The number of hydrogen-bond acceptors (Lipinski definition) is 5. The van der Waals surface area contributed by atoms with Gasteiger partial charge in [0.25, 0.3) is 0 Å². The van der Waals surface area contributed by atoms with Crippen LogP contribution in [0.4, 0.5) is 0 Å². The van der Waals surface area contributed by atoms with Gasteiger partial charge in [-0.2, -0.15) is 0 Å². The van der Waals surface area contributed by atoms with E-state index in [-0.39, 0.29) is 75.1 Å². The van der Waals surface area contributed by atoms with Gasteiger partial charge in [0.1, 0.15) is 0 Å². The van der Waals surface area contributed by atoms with Gasteiger partial charge in [-0.15, -0.1) is 0 Å². The second kappa shape index (κ2) is 4.15. The van der Waals surface area contributed by atoms with Crippen molar-refractivity contribution in [3.8, 4) is 0 Å². The van der Waals surface area contributed by atoms with Crippen molar-refractivity contribution >= 4 is 75.1 Å². The summed E-state index contributed by atoms with van der Waals surface area (Å²) in [6, 6.07) is 0. The summed E-state index contributed by atoms with van der Waals surface area (Å²) in [5.41, 5.74) is 0. The predicted molar refractivity (Wildman–Crippen MR) is 21.9 cm³/mol. The van der Waals surface area contributed by atoms with Crippen molar-refractivity contribution in [2.45, 2.75) is 0 Å². The summed E-state index contributed by atoms with van der Waals surface area (Å²) in [5.74, 6) is 0. The molecule has 0 aliphatic rings. The molecule has 0 rings (SSSR count). The van der Waals surface area contributed by atoms with Crippen molar-refractivity contribution in [3.05, 3.63) is 0 Å². The van der Waals surface area contributed by atoms with Crippen LogP contribution >= 0.6 is 0 Å². The predicted octanol–water partition coefficient (Wildman–Crippen LogP) is -2.70. The van der Waals surface area contributed by atoms with Gasteiger partial charge in [0.15, 0.2) is 0 Å². The molecule has 0 bridgehead atoms. The van der Waals surface area contributed by atoms with Gasteiger partial charge in [0, 0.05) is 0 Å². The summed E-state index contributed by atoms with van der Waals surface area (Å²) in [7, 11) is 0. The molecule has 0 saturated carbocycles. The molecule has 0 aromatic carbocycles. The van der Waals surface area contributed by atoms with Crippen LogP contribution in [0.2, 0.25) is 0 Å². The van der Waals surface area contributed by atoms with Crippen molar-refractivity contribution in [1.29, 1.82) is 0 Å². The van der Waals surface area contributed by atoms with Crippen molar-refractivity contribution in [3.63, 3.8) is 0 Å². The summed E-state index contributed by atoms with van der Waals surface area (Å²) in [6.07, 6.45) is 0. The van der Waals surface area contributed by atoms with E-state index in [1.54, 1.807) is 0 Å². The van der Waals surface area contributed by atoms with E-state index >= 15 is 0 Å². The van der Waals surface area contributed by atoms with E-state index < -0.39 is 15.7 Å². The van der Waals surface area contributed by atoms with Crippen molar-refractivity contribution < 1.29 is 31.9 Å². The third kappa shape index (κ3) is 88.1. The first-order valence-corrected chi connectivity index (χ1v) is 7.47. The van der Waals surface area contributed by atoms with Crippen LogP contribution in [0.25, 0.3) is 0 Å². The Kier molecular flexibility index (Phi) is 8.64. The maximum atomic E-state index is 8.67. The van der Waals surface area contributed by atoms with Crippen LogP contribution < -0.4 is 0 Å². The zero-order valence-corrected chi connectivity index (χ0v) is 11.9. The summed E-state index contributed by atoms with van der Waals surface area (Å²) in [4.78, 5) is 0. The molecular formula is H5BaBiO5Ta. The minimum atomic E-state index is -8.05. The molecule has 8 heavy (non-hydrogen) atoms. The Morgan fingerprint density at radius 1 is 0.750 bits per heavy atom. The van der Waals surface area contributed by atoms with Crippen LogP contribution in [0.15, 0.2) is 0 Å². The molecule has 0 amide bonds. The van der Waals surface area contributed by atoms with Gasteiger partial charge in [-0.1, -0.05) is 0 Å². The van der Waals surface area contributed by atoms with E-state index in [4.69, 9.17) is 16.3 Å². The Morgan fingerprint density at radius 2 is 0.750 bits per heavy atom. The standard InChI is InChI=1S/Ba.Bi.5O.Ta.5H. The molecule has 0 saturated heterocycles. The summed E-state index contributed by atoms with van der Waals surface area (Å²) < 4.78 is 43.4. The van der Waals surface area contributed by atoms with Gasteiger partial charge in [-0.05, 0) is 0 Å². The van der Waals surface area contributed by atoms with Gasteiger partial charge in [0.05, 0.1) is 0 Å². The first-order chi connectivity index (χ1) is 2.24.